The van der Waals surface area contributed by atoms with Gasteiger partial charge in [-0.15, -0.1) is 0 Å². The van der Waals surface area contributed by atoms with Crippen molar-refractivity contribution in [1.82, 2.24) is 0 Å². The van der Waals surface area contributed by atoms with Crippen molar-refractivity contribution in [3.8, 4) is 5.75 Å². The minimum atomic E-state index is -0.714. The van der Waals surface area contributed by atoms with Crippen LogP contribution < -0.4 is 0 Å². The Labute approximate surface area is 97.0 Å². The van der Waals surface area contributed by atoms with Crippen LogP contribution in [-0.4, -0.2) is 15.0 Å². The summed E-state index contributed by atoms with van der Waals surface area (Å²) in [5.74, 6) is -0.799. The van der Waals surface area contributed by atoms with E-state index in [-0.39, 0.29) is 11.5 Å². The predicted molar refractivity (Wildman–Crippen MR) is 60.1 cm³/mol. The van der Waals surface area contributed by atoms with Crippen LogP contribution in [0.5, 0.6) is 5.75 Å². The lowest BCUT2D eigenvalue weighted by Gasteiger charge is -2.10. The first kappa shape index (κ1) is 12.9. The second-order valence-electron chi connectivity index (χ2n) is 3.72. The third-order valence-corrected chi connectivity index (χ3v) is 2.62. The van der Waals surface area contributed by atoms with Gasteiger partial charge in [0.2, 0.25) is 0 Å². The summed E-state index contributed by atoms with van der Waals surface area (Å²) in [6, 6.07) is 1.88. The number of nitro benzene ring substituents is 2. The van der Waals surface area contributed by atoms with Gasteiger partial charge in [-0.05, 0) is 12.3 Å². The maximum absolute atomic E-state index is 10.8. The molecule has 0 bridgehead atoms. The lowest BCUT2D eigenvalue weighted by atomic mass is 9.95. The van der Waals surface area contributed by atoms with Gasteiger partial charge in [-0.2, -0.15) is 0 Å². The first-order chi connectivity index (χ1) is 7.88. The summed E-state index contributed by atoms with van der Waals surface area (Å²) in [6.45, 7) is 3.46. The number of phenols is 1. The highest BCUT2D eigenvalue weighted by molar-refractivity contribution is 5.59. The van der Waals surface area contributed by atoms with Crippen LogP contribution in [0.4, 0.5) is 11.4 Å². The van der Waals surface area contributed by atoms with Crippen LogP contribution in [0.15, 0.2) is 12.1 Å². The number of nitrogens with zero attached hydrogens (tertiary/aromatic N) is 2. The molecule has 0 saturated heterocycles. The monoisotopic (exact) mass is 240 g/mol. The van der Waals surface area contributed by atoms with Crippen molar-refractivity contribution in [3.05, 3.63) is 37.9 Å². The lowest BCUT2D eigenvalue weighted by Crippen LogP contribution is -2.04. The fraction of sp³-hybridized carbons (Fsp3) is 0.400. The Hall–Kier alpha value is -2.18. The topological polar surface area (TPSA) is 107 Å². The van der Waals surface area contributed by atoms with Gasteiger partial charge in [0, 0.05) is 0 Å². The average Bonchev–Trinajstić information content (AvgIpc) is 2.26. The molecule has 0 spiro atoms. The van der Waals surface area contributed by atoms with Gasteiger partial charge in [-0.3, -0.25) is 20.2 Å². The van der Waals surface area contributed by atoms with Gasteiger partial charge in [0.05, 0.1) is 22.0 Å². The van der Waals surface area contributed by atoms with E-state index in [9.17, 15) is 25.3 Å². The number of rotatable bonds is 4. The molecule has 17 heavy (non-hydrogen) atoms. The van der Waals surface area contributed by atoms with E-state index in [1.165, 1.54) is 0 Å². The average molecular weight is 240 g/mol. The lowest BCUT2D eigenvalue weighted by molar-refractivity contribution is -0.395. The van der Waals surface area contributed by atoms with Gasteiger partial charge in [0.25, 0.3) is 11.4 Å². The molecule has 1 N–H and O–H groups in total. The molecular weight excluding hydrogens is 228 g/mol. The standard InChI is InChI=1S/C10H12N2O5/c1-3-6(2)10-8(11(14)15)4-7(13)5-9(10)12(16)17/h4-6,13H,3H2,1-2H3. The van der Waals surface area contributed by atoms with E-state index in [4.69, 9.17) is 0 Å². The summed E-state index contributed by atoms with van der Waals surface area (Å²) in [5, 5.41) is 30.9. The van der Waals surface area contributed by atoms with Crippen LogP contribution >= 0.6 is 0 Å². The van der Waals surface area contributed by atoms with Crippen molar-refractivity contribution in [3.63, 3.8) is 0 Å². The summed E-state index contributed by atoms with van der Waals surface area (Å²) in [6.07, 6.45) is 0.534. The zero-order valence-electron chi connectivity index (χ0n) is 9.41. The Kier molecular flexibility index (Phi) is 3.62. The van der Waals surface area contributed by atoms with Crippen LogP contribution in [-0.2, 0) is 0 Å². The Morgan fingerprint density at radius 3 is 1.94 bits per heavy atom. The quantitative estimate of drug-likeness (QED) is 0.643. The molecule has 1 unspecified atom stereocenters. The van der Waals surface area contributed by atoms with E-state index in [2.05, 4.69) is 0 Å². The normalized spacial score (nSPS) is 12.1. The second kappa shape index (κ2) is 4.77. The molecule has 0 fully saturated rings. The highest BCUT2D eigenvalue weighted by Crippen LogP contribution is 2.39. The summed E-state index contributed by atoms with van der Waals surface area (Å²) < 4.78 is 0. The summed E-state index contributed by atoms with van der Waals surface area (Å²) >= 11 is 0. The number of nitro groups is 2. The third-order valence-electron chi connectivity index (χ3n) is 2.62. The Balaban J connectivity index is 3.58. The molecule has 0 heterocycles. The Morgan fingerprint density at radius 1 is 1.24 bits per heavy atom. The predicted octanol–water partition coefficient (Wildman–Crippen LogP) is 2.72. The van der Waals surface area contributed by atoms with Crippen molar-refractivity contribution in [2.75, 3.05) is 0 Å². The van der Waals surface area contributed by atoms with Crippen LogP contribution in [0.2, 0.25) is 0 Å². The number of hydrogen-bond acceptors (Lipinski definition) is 5. The number of benzene rings is 1. The zero-order chi connectivity index (χ0) is 13.2. The van der Waals surface area contributed by atoms with E-state index in [1.807, 2.05) is 0 Å². The third kappa shape index (κ3) is 2.49. The number of hydrogen-bond donors (Lipinski definition) is 1. The molecule has 0 saturated carbocycles. The molecule has 7 nitrogen and oxygen atoms in total. The van der Waals surface area contributed by atoms with Gasteiger partial charge < -0.3 is 5.11 Å². The number of phenolic OH excluding ortho intramolecular Hbond substituents is 1. The van der Waals surface area contributed by atoms with Gasteiger partial charge in [-0.1, -0.05) is 13.8 Å². The molecule has 0 aliphatic heterocycles. The van der Waals surface area contributed by atoms with Crippen molar-refractivity contribution in [2.45, 2.75) is 26.2 Å². The molecular formula is C10H12N2O5. The molecule has 0 aliphatic rings. The zero-order valence-corrected chi connectivity index (χ0v) is 9.41. The SMILES string of the molecule is CCC(C)c1c([N+](=O)[O-])cc(O)cc1[N+](=O)[O-]. The summed E-state index contributed by atoms with van der Waals surface area (Å²) in [7, 11) is 0. The molecule has 0 aromatic heterocycles. The van der Waals surface area contributed by atoms with E-state index in [0.29, 0.717) is 6.42 Å². The highest BCUT2D eigenvalue weighted by atomic mass is 16.6. The molecule has 1 aromatic rings. The van der Waals surface area contributed by atoms with Crippen LogP contribution in [0, 0.1) is 20.2 Å². The minimum Gasteiger partial charge on any atom is -0.507 e. The highest BCUT2D eigenvalue weighted by Gasteiger charge is 2.29. The van der Waals surface area contributed by atoms with Crippen molar-refractivity contribution in [1.29, 1.82) is 0 Å². The molecule has 7 heteroatoms. The fourth-order valence-electron chi connectivity index (χ4n) is 1.62. The van der Waals surface area contributed by atoms with Gasteiger partial charge in [0.1, 0.15) is 11.3 Å². The van der Waals surface area contributed by atoms with Gasteiger partial charge in [-0.25, -0.2) is 0 Å². The second-order valence-corrected chi connectivity index (χ2v) is 3.72. The Bertz CT molecular complexity index is 437. The van der Waals surface area contributed by atoms with Crippen molar-refractivity contribution in [2.24, 2.45) is 0 Å². The molecule has 0 radical (unpaired) electrons. The Morgan fingerprint density at radius 2 is 1.65 bits per heavy atom. The summed E-state index contributed by atoms with van der Waals surface area (Å²) in [4.78, 5) is 20.3. The fourth-order valence-corrected chi connectivity index (χ4v) is 1.62. The minimum absolute atomic E-state index is 0.0558. The smallest absolute Gasteiger partial charge is 0.283 e. The molecule has 92 valence electrons. The van der Waals surface area contributed by atoms with E-state index >= 15 is 0 Å². The van der Waals surface area contributed by atoms with Gasteiger partial charge >= 0.3 is 0 Å². The van der Waals surface area contributed by atoms with Crippen LogP contribution in [0.25, 0.3) is 0 Å². The van der Waals surface area contributed by atoms with Crippen molar-refractivity contribution >= 4 is 11.4 Å². The largest absolute Gasteiger partial charge is 0.507 e. The maximum atomic E-state index is 10.8. The molecule has 0 amide bonds. The maximum Gasteiger partial charge on any atom is 0.283 e. The summed E-state index contributed by atoms with van der Waals surface area (Å²) in [5.41, 5.74) is -0.766. The number of aromatic hydroxyl groups is 1. The first-order valence-corrected chi connectivity index (χ1v) is 5.04. The van der Waals surface area contributed by atoms with Crippen LogP contribution in [0.3, 0.4) is 0 Å². The van der Waals surface area contributed by atoms with E-state index in [0.717, 1.165) is 12.1 Å². The molecule has 1 atom stereocenters. The van der Waals surface area contributed by atoms with Crippen molar-refractivity contribution < 1.29 is 15.0 Å². The molecule has 0 aliphatic carbocycles. The van der Waals surface area contributed by atoms with Gasteiger partial charge in [0.15, 0.2) is 0 Å². The molecule has 1 aromatic carbocycles. The first-order valence-electron chi connectivity index (χ1n) is 5.04. The van der Waals surface area contributed by atoms with E-state index in [1.54, 1.807) is 13.8 Å². The van der Waals surface area contributed by atoms with Crippen LogP contribution in [0.1, 0.15) is 31.7 Å². The van der Waals surface area contributed by atoms with E-state index < -0.39 is 27.0 Å². The molecule has 1 rings (SSSR count).